The molecular weight excluding hydrogens is 509 g/mol. The molecule has 0 bridgehead atoms. The number of quaternary nitrogens is 1. The van der Waals surface area contributed by atoms with Crippen LogP contribution in [-0.4, -0.2) is 74.9 Å². The molecular formula is C28H55NO8P+. The molecule has 0 aromatic carbocycles. The highest BCUT2D eigenvalue weighted by Crippen LogP contribution is 2.43. The van der Waals surface area contributed by atoms with Crippen molar-refractivity contribution in [1.29, 1.82) is 0 Å². The fraction of sp³-hybridized carbons (Fsp3) is 0.857. The van der Waals surface area contributed by atoms with Gasteiger partial charge in [-0.05, 0) is 25.7 Å². The van der Waals surface area contributed by atoms with Gasteiger partial charge in [0.05, 0.1) is 27.7 Å². The fourth-order valence-corrected chi connectivity index (χ4v) is 4.32. The smallest absolute Gasteiger partial charge is 0.462 e. The topological polar surface area (TPSA) is 108 Å². The third-order valence-corrected chi connectivity index (χ3v) is 6.93. The Kier molecular flexibility index (Phi) is 21.8. The Bertz CT molecular complexity index is 680. The number of carbonyl (C=O) groups excluding carboxylic acids is 2. The normalized spacial score (nSPS) is 14.0. The molecule has 0 spiro atoms. The Labute approximate surface area is 231 Å². The van der Waals surface area contributed by atoms with Crippen molar-refractivity contribution in [2.45, 2.75) is 109 Å². The SMILES string of the molecule is C=CCCCCCCCC(=O)O[C@@H](COC(=O)CCCCCCCCC)COP(=O)(O)OCC[N+](C)(C)C. The quantitative estimate of drug-likeness (QED) is 0.0426. The van der Waals surface area contributed by atoms with Gasteiger partial charge in [0.1, 0.15) is 19.8 Å². The number of unbranched alkanes of at least 4 members (excludes halogenated alkanes) is 11. The van der Waals surface area contributed by atoms with Gasteiger partial charge < -0.3 is 18.9 Å². The number of allylic oxidation sites excluding steroid dienone is 1. The first kappa shape index (κ1) is 36.8. The molecule has 224 valence electrons. The van der Waals surface area contributed by atoms with Crippen molar-refractivity contribution in [2.75, 3.05) is 47.5 Å². The van der Waals surface area contributed by atoms with Crippen molar-refractivity contribution in [3.8, 4) is 0 Å². The second kappa shape index (κ2) is 22.6. The van der Waals surface area contributed by atoms with E-state index in [2.05, 4.69) is 13.5 Å². The van der Waals surface area contributed by atoms with Gasteiger partial charge in [0.2, 0.25) is 0 Å². The zero-order valence-electron chi connectivity index (χ0n) is 24.5. The number of nitrogens with zero attached hydrogens (tertiary/aromatic N) is 1. The van der Waals surface area contributed by atoms with Crippen molar-refractivity contribution in [3.63, 3.8) is 0 Å². The summed E-state index contributed by atoms with van der Waals surface area (Å²) < 4.78 is 33.7. The standard InChI is InChI=1S/C28H54NO8P/c1-6-8-10-12-14-16-18-20-27(30)34-24-26(25-36-38(32,33)35-23-22-29(3,4)5)37-28(31)21-19-17-15-13-11-9-7-2/h7,26H,2,6,8-25H2,1,3-5H3/p+1/t26-/m0/s1. The monoisotopic (exact) mass is 564 g/mol. The highest BCUT2D eigenvalue weighted by molar-refractivity contribution is 7.47. The van der Waals surface area contributed by atoms with E-state index in [1.807, 2.05) is 27.2 Å². The third-order valence-electron chi connectivity index (χ3n) is 5.94. The van der Waals surface area contributed by atoms with Gasteiger partial charge in [-0.3, -0.25) is 18.6 Å². The van der Waals surface area contributed by atoms with E-state index >= 15 is 0 Å². The molecule has 0 heterocycles. The molecule has 0 aliphatic rings. The molecule has 1 N–H and O–H groups in total. The van der Waals surface area contributed by atoms with Gasteiger partial charge in [0.25, 0.3) is 0 Å². The maximum Gasteiger partial charge on any atom is 0.472 e. The average molecular weight is 565 g/mol. The predicted molar refractivity (Wildman–Crippen MR) is 151 cm³/mol. The van der Waals surface area contributed by atoms with Crippen LogP contribution in [0.25, 0.3) is 0 Å². The van der Waals surface area contributed by atoms with Crippen LogP contribution in [-0.2, 0) is 32.7 Å². The van der Waals surface area contributed by atoms with E-state index in [0.29, 0.717) is 17.4 Å². The van der Waals surface area contributed by atoms with E-state index in [1.165, 1.54) is 25.7 Å². The Morgan fingerprint density at radius 3 is 1.97 bits per heavy atom. The van der Waals surface area contributed by atoms with Crippen LogP contribution in [0.4, 0.5) is 0 Å². The first-order chi connectivity index (χ1) is 18.0. The molecule has 9 nitrogen and oxygen atoms in total. The van der Waals surface area contributed by atoms with Crippen molar-refractivity contribution in [3.05, 3.63) is 12.7 Å². The van der Waals surface area contributed by atoms with Gasteiger partial charge in [0.15, 0.2) is 6.10 Å². The van der Waals surface area contributed by atoms with Gasteiger partial charge in [-0.15, -0.1) is 6.58 Å². The summed E-state index contributed by atoms with van der Waals surface area (Å²) in [7, 11) is 1.46. The van der Waals surface area contributed by atoms with Gasteiger partial charge in [-0.25, -0.2) is 4.57 Å². The zero-order chi connectivity index (χ0) is 28.7. The summed E-state index contributed by atoms with van der Waals surface area (Å²) in [4.78, 5) is 34.6. The number of hydrogen-bond donors (Lipinski definition) is 1. The Hall–Kier alpha value is -1.25. The molecule has 0 saturated carbocycles. The molecule has 0 amide bonds. The molecule has 0 aromatic heterocycles. The summed E-state index contributed by atoms with van der Waals surface area (Å²) in [5.74, 6) is -0.836. The molecule has 0 radical (unpaired) electrons. The second-order valence-corrected chi connectivity index (χ2v) is 12.3. The van der Waals surface area contributed by atoms with E-state index in [-0.39, 0.29) is 32.0 Å². The lowest BCUT2D eigenvalue weighted by atomic mass is 10.1. The van der Waals surface area contributed by atoms with Crippen LogP contribution >= 0.6 is 7.82 Å². The lowest BCUT2D eigenvalue weighted by molar-refractivity contribution is -0.870. The Morgan fingerprint density at radius 2 is 1.39 bits per heavy atom. The van der Waals surface area contributed by atoms with E-state index in [1.54, 1.807) is 0 Å². The van der Waals surface area contributed by atoms with Crippen molar-refractivity contribution in [1.82, 2.24) is 0 Å². The number of carbonyl (C=O) groups is 2. The highest BCUT2D eigenvalue weighted by Gasteiger charge is 2.27. The number of phosphoric ester groups is 1. The van der Waals surface area contributed by atoms with Crippen LogP contribution < -0.4 is 0 Å². The number of hydrogen-bond acceptors (Lipinski definition) is 7. The predicted octanol–water partition coefficient (Wildman–Crippen LogP) is 6.34. The summed E-state index contributed by atoms with van der Waals surface area (Å²) in [6.07, 6.45) is 14.9. The van der Waals surface area contributed by atoms with Crippen LogP contribution in [0.15, 0.2) is 12.7 Å². The fourth-order valence-electron chi connectivity index (χ4n) is 3.58. The molecule has 0 rings (SSSR count). The average Bonchev–Trinajstić information content (AvgIpc) is 2.83. The zero-order valence-corrected chi connectivity index (χ0v) is 25.4. The lowest BCUT2D eigenvalue weighted by Crippen LogP contribution is -2.37. The summed E-state index contributed by atoms with van der Waals surface area (Å²) in [6, 6.07) is 0. The van der Waals surface area contributed by atoms with Crippen LogP contribution in [0.3, 0.4) is 0 Å². The van der Waals surface area contributed by atoms with Crippen molar-refractivity contribution in [2.24, 2.45) is 0 Å². The maximum atomic E-state index is 12.4. The first-order valence-corrected chi connectivity index (χ1v) is 15.9. The van der Waals surface area contributed by atoms with Crippen LogP contribution in [0, 0.1) is 0 Å². The van der Waals surface area contributed by atoms with E-state index in [9.17, 15) is 19.0 Å². The number of esters is 2. The van der Waals surface area contributed by atoms with E-state index < -0.39 is 26.5 Å². The number of rotatable bonds is 26. The summed E-state index contributed by atoms with van der Waals surface area (Å²) in [6.45, 7) is 5.79. The van der Waals surface area contributed by atoms with Gasteiger partial charge in [-0.2, -0.15) is 0 Å². The summed E-state index contributed by atoms with van der Waals surface area (Å²) >= 11 is 0. The number of phosphoric acid groups is 1. The second-order valence-electron chi connectivity index (χ2n) is 10.9. The first-order valence-electron chi connectivity index (χ1n) is 14.4. The summed E-state index contributed by atoms with van der Waals surface area (Å²) in [5, 5.41) is 0. The van der Waals surface area contributed by atoms with Crippen molar-refractivity contribution < 1.29 is 42.1 Å². The lowest BCUT2D eigenvalue weighted by Gasteiger charge is -2.24. The van der Waals surface area contributed by atoms with Crippen LogP contribution in [0.1, 0.15) is 103 Å². The molecule has 0 aliphatic heterocycles. The number of likely N-dealkylation sites (N-methyl/N-ethyl adjacent to an activating group) is 1. The van der Waals surface area contributed by atoms with Crippen LogP contribution in [0.2, 0.25) is 0 Å². The summed E-state index contributed by atoms with van der Waals surface area (Å²) in [5.41, 5.74) is 0. The molecule has 0 fully saturated rings. The highest BCUT2D eigenvalue weighted by atomic mass is 31.2. The minimum absolute atomic E-state index is 0.0297. The molecule has 1 unspecified atom stereocenters. The number of ether oxygens (including phenoxy) is 2. The van der Waals surface area contributed by atoms with Crippen molar-refractivity contribution >= 4 is 19.8 Å². The van der Waals surface area contributed by atoms with E-state index in [4.69, 9.17) is 18.5 Å². The third kappa shape index (κ3) is 25.1. The van der Waals surface area contributed by atoms with Crippen LogP contribution in [0.5, 0.6) is 0 Å². The minimum atomic E-state index is -4.35. The van der Waals surface area contributed by atoms with Gasteiger partial charge >= 0.3 is 19.8 Å². The van der Waals surface area contributed by atoms with Gasteiger partial charge in [-0.1, -0.05) is 70.8 Å². The molecule has 2 atom stereocenters. The minimum Gasteiger partial charge on any atom is -0.462 e. The molecule has 38 heavy (non-hydrogen) atoms. The largest absolute Gasteiger partial charge is 0.472 e. The Morgan fingerprint density at radius 1 is 0.842 bits per heavy atom. The molecule has 10 heteroatoms. The van der Waals surface area contributed by atoms with Gasteiger partial charge in [0, 0.05) is 12.8 Å². The molecule has 0 saturated heterocycles. The Balaban J connectivity index is 4.58. The maximum absolute atomic E-state index is 12.4. The molecule has 0 aliphatic carbocycles. The molecule has 0 aromatic rings. The van der Waals surface area contributed by atoms with E-state index in [0.717, 1.165) is 51.4 Å².